The molecule has 18 heavy (non-hydrogen) atoms. The highest BCUT2D eigenvalue weighted by Crippen LogP contribution is 2.19. The zero-order valence-corrected chi connectivity index (χ0v) is 12.4. The summed E-state index contributed by atoms with van der Waals surface area (Å²) in [5.74, 6) is 0.929. The molecule has 0 aliphatic heterocycles. The fourth-order valence-corrected chi connectivity index (χ4v) is 2.64. The Bertz CT molecular complexity index is 528. The van der Waals surface area contributed by atoms with E-state index in [9.17, 15) is 0 Å². The molecule has 0 bridgehead atoms. The molecule has 2 aromatic rings. The monoisotopic (exact) mass is 312 g/mol. The third-order valence-electron chi connectivity index (χ3n) is 2.67. The highest BCUT2D eigenvalue weighted by Gasteiger charge is 2.13. The van der Waals surface area contributed by atoms with Gasteiger partial charge in [-0.25, -0.2) is 9.50 Å². The van der Waals surface area contributed by atoms with E-state index in [1.807, 2.05) is 30.8 Å². The number of methoxy groups -OCH3 is 1. The fraction of sp³-hybridized carbons (Fsp3) is 0.500. The van der Waals surface area contributed by atoms with Gasteiger partial charge in [0.05, 0.1) is 17.1 Å². The number of halogens is 1. The van der Waals surface area contributed by atoms with Gasteiger partial charge in [0.15, 0.2) is 5.82 Å². The third kappa shape index (κ3) is 2.81. The summed E-state index contributed by atoms with van der Waals surface area (Å²) < 4.78 is 6.98. The van der Waals surface area contributed by atoms with E-state index in [1.54, 1.807) is 13.3 Å². The molecule has 0 aliphatic rings. The van der Waals surface area contributed by atoms with Crippen LogP contribution in [0.1, 0.15) is 5.69 Å². The Morgan fingerprint density at radius 2 is 2.33 bits per heavy atom. The van der Waals surface area contributed by atoms with Crippen molar-refractivity contribution in [3.05, 3.63) is 24.2 Å². The molecule has 2 heterocycles. The number of alkyl halides is 1. The molecule has 0 fully saturated rings. The third-order valence-corrected chi connectivity index (χ3v) is 3.23. The summed E-state index contributed by atoms with van der Waals surface area (Å²) in [7, 11) is 3.72. The standard InChI is InChI=1S/C12H17BrN4O/c1-9-6-11-12(14-4-5-17(11)15-9)16(2)7-10(13)8-18-3/h4-6,10H,7-8H2,1-3H3. The average molecular weight is 313 g/mol. The predicted octanol–water partition coefficient (Wildman–Crippen LogP) is 1.88. The molecule has 0 amide bonds. The Hall–Kier alpha value is -1.14. The lowest BCUT2D eigenvalue weighted by molar-refractivity contribution is 0.201. The predicted molar refractivity (Wildman–Crippen MR) is 75.6 cm³/mol. The van der Waals surface area contributed by atoms with Crippen molar-refractivity contribution in [1.82, 2.24) is 14.6 Å². The van der Waals surface area contributed by atoms with Crippen molar-refractivity contribution in [2.75, 3.05) is 32.2 Å². The van der Waals surface area contributed by atoms with Crippen LogP contribution in [0, 0.1) is 6.92 Å². The first-order chi connectivity index (χ1) is 8.61. The number of anilines is 1. The van der Waals surface area contributed by atoms with E-state index in [-0.39, 0.29) is 4.83 Å². The van der Waals surface area contributed by atoms with Gasteiger partial charge in [0.25, 0.3) is 0 Å². The molecule has 0 saturated carbocycles. The minimum Gasteiger partial charge on any atom is -0.383 e. The van der Waals surface area contributed by atoms with Gasteiger partial charge < -0.3 is 9.64 Å². The number of fused-ring (bicyclic) bond motifs is 1. The maximum absolute atomic E-state index is 5.12. The molecule has 1 unspecified atom stereocenters. The van der Waals surface area contributed by atoms with Gasteiger partial charge in [-0.05, 0) is 13.0 Å². The number of hydrogen-bond donors (Lipinski definition) is 0. The van der Waals surface area contributed by atoms with Gasteiger partial charge in [-0.1, -0.05) is 15.9 Å². The molecule has 0 spiro atoms. The molecule has 0 aliphatic carbocycles. The second kappa shape index (κ2) is 5.67. The molecular formula is C12H17BrN4O. The first-order valence-corrected chi connectivity index (χ1v) is 6.68. The van der Waals surface area contributed by atoms with Crippen LogP contribution >= 0.6 is 15.9 Å². The SMILES string of the molecule is COCC(Br)CN(C)c1nccn2nc(C)cc12. The minimum absolute atomic E-state index is 0.276. The normalized spacial score (nSPS) is 12.9. The van der Waals surface area contributed by atoms with Crippen molar-refractivity contribution in [3.63, 3.8) is 0 Å². The van der Waals surface area contributed by atoms with Gasteiger partial charge in [0.1, 0.15) is 5.52 Å². The minimum atomic E-state index is 0.276. The van der Waals surface area contributed by atoms with Crippen LogP contribution in [0.3, 0.4) is 0 Å². The van der Waals surface area contributed by atoms with Gasteiger partial charge in [-0.15, -0.1) is 0 Å². The van der Waals surface area contributed by atoms with Crippen LogP contribution < -0.4 is 4.90 Å². The Morgan fingerprint density at radius 1 is 1.56 bits per heavy atom. The van der Waals surface area contributed by atoms with Crippen molar-refractivity contribution in [2.45, 2.75) is 11.8 Å². The number of aryl methyl sites for hydroxylation is 1. The quantitative estimate of drug-likeness (QED) is 0.791. The van der Waals surface area contributed by atoms with E-state index >= 15 is 0 Å². The number of ether oxygens (including phenoxy) is 1. The average Bonchev–Trinajstić information content (AvgIpc) is 2.68. The molecule has 0 aromatic carbocycles. The maximum Gasteiger partial charge on any atom is 0.154 e. The summed E-state index contributed by atoms with van der Waals surface area (Å²) in [4.78, 5) is 6.82. The van der Waals surface area contributed by atoms with Crippen molar-refractivity contribution >= 4 is 27.3 Å². The lowest BCUT2D eigenvalue weighted by Gasteiger charge is -2.21. The highest BCUT2D eigenvalue weighted by molar-refractivity contribution is 9.09. The highest BCUT2D eigenvalue weighted by atomic mass is 79.9. The fourth-order valence-electron chi connectivity index (χ4n) is 1.94. The first kappa shape index (κ1) is 13.3. The molecule has 2 aromatic heterocycles. The Balaban J connectivity index is 2.24. The van der Waals surface area contributed by atoms with E-state index in [4.69, 9.17) is 4.74 Å². The van der Waals surface area contributed by atoms with Crippen LogP contribution in [0.4, 0.5) is 5.82 Å². The molecule has 1 atom stereocenters. The van der Waals surface area contributed by atoms with Gasteiger partial charge >= 0.3 is 0 Å². The maximum atomic E-state index is 5.12. The van der Waals surface area contributed by atoms with Crippen molar-refractivity contribution in [2.24, 2.45) is 0 Å². The summed E-state index contributed by atoms with van der Waals surface area (Å²) in [6.45, 7) is 3.48. The summed E-state index contributed by atoms with van der Waals surface area (Å²) in [5.41, 5.74) is 2.01. The molecule has 0 N–H and O–H groups in total. The van der Waals surface area contributed by atoms with E-state index in [0.717, 1.165) is 23.6 Å². The number of nitrogens with zero attached hydrogens (tertiary/aromatic N) is 4. The van der Waals surface area contributed by atoms with E-state index in [1.165, 1.54) is 0 Å². The van der Waals surface area contributed by atoms with Gasteiger partial charge in [-0.2, -0.15) is 5.10 Å². The van der Waals surface area contributed by atoms with Crippen LogP contribution in [-0.4, -0.2) is 46.7 Å². The zero-order valence-electron chi connectivity index (χ0n) is 10.8. The first-order valence-electron chi connectivity index (χ1n) is 5.77. The Kier molecular flexibility index (Phi) is 4.19. The van der Waals surface area contributed by atoms with Crippen molar-refractivity contribution in [1.29, 1.82) is 0 Å². The molecule has 6 heteroatoms. The molecule has 0 saturated heterocycles. The van der Waals surface area contributed by atoms with E-state index in [0.29, 0.717) is 6.61 Å². The van der Waals surface area contributed by atoms with Crippen LogP contribution in [0.25, 0.3) is 5.52 Å². The number of aromatic nitrogens is 3. The Labute approximate surface area is 115 Å². The van der Waals surface area contributed by atoms with Gasteiger partial charge in [0.2, 0.25) is 0 Å². The molecule has 2 rings (SSSR count). The van der Waals surface area contributed by atoms with E-state index in [2.05, 4.69) is 30.9 Å². The lowest BCUT2D eigenvalue weighted by atomic mass is 10.3. The zero-order chi connectivity index (χ0) is 13.1. The molecular weight excluding hydrogens is 296 g/mol. The van der Waals surface area contributed by atoms with E-state index < -0.39 is 0 Å². The molecule has 98 valence electrons. The summed E-state index contributed by atoms with van der Waals surface area (Å²) in [5, 5.41) is 4.39. The topological polar surface area (TPSA) is 42.7 Å². The van der Waals surface area contributed by atoms with Gasteiger partial charge in [0, 0.05) is 33.1 Å². The second-order valence-corrected chi connectivity index (χ2v) is 5.59. The molecule has 0 radical (unpaired) electrons. The summed E-state index contributed by atoms with van der Waals surface area (Å²) in [6, 6.07) is 2.04. The lowest BCUT2D eigenvalue weighted by Crippen LogP contribution is -2.29. The van der Waals surface area contributed by atoms with Crippen LogP contribution in [-0.2, 0) is 4.74 Å². The van der Waals surface area contributed by atoms with Crippen molar-refractivity contribution in [3.8, 4) is 0 Å². The van der Waals surface area contributed by atoms with Crippen LogP contribution in [0.2, 0.25) is 0 Å². The number of rotatable bonds is 5. The summed E-state index contributed by atoms with van der Waals surface area (Å²) in [6.07, 6.45) is 3.63. The molecule has 5 nitrogen and oxygen atoms in total. The van der Waals surface area contributed by atoms with Gasteiger partial charge in [-0.3, -0.25) is 0 Å². The Morgan fingerprint density at radius 3 is 3.06 bits per heavy atom. The van der Waals surface area contributed by atoms with Crippen molar-refractivity contribution < 1.29 is 4.74 Å². The van der Waals surface area contributed by atoms with Crippen LogP contribution in [0.15, 0.2) is 18.5 Å². The second-order valence-electron chi connectivity index (χ2n) is 4.30. The smallest absolute Gasteiger partial charge is 0.154 e. The largest absolute Gasteiger partial charge is 0.383 e. The summed E-state index contributed by atoms with van der Waals surface area (Å²) >= 11 is 3.59. The van der Waals surface area contributed by atoms with Crippen LogP contribution in [0.5, 0.6) is 0 Å². The number of hydrogen-bond acceptors (Lipinski definition) is 4.